The SMILES string of the molecule is CN1C(=O)CC(P)C1=O.O=C(O)CN1C(=O)CC(P)C1=O. The number of hydrogen-bond acceptors (Lipinski definition) is 5. The van der Waals surface area contributed by atoms with Crippen LogP contribution >= 0.6 is 18.5 Å². The summed E-state index contributed by atoms with van der Waals surface area (Å²) in [5, 5.41) is 8.34. The molecule has 0 aliphatic carbocycles. The molecule has 0 bridgehead atoms. The molecule has 2 aliphatic heterocycles. The molecular formula is C11H16N2O6P2. The van der Waals surface area contributed by atoms with Crippen LogP contribution in [0.25, 0.3) is 0 Å². The number of hydrogen-bond donors (Lipinski definition) is 1. The molecule has 2 rings (SSSR count). The fourth-order valence-electron chi connectivity index (χ4n) is 1.79. The van der Waals surface area contributed by atoms with Crippen molar-refractivity contribution in [2.24, 2.45) is 0 Å². The first-order valence-electron chi connectivity index (χ1n) is 6.02. The topological polar surface area (TPSA) is 112 Å². The summed E-state index contributed by atoms with van der Waals surface area (Å²) < 4.78 is 0. The predicted molar refractivity (Wildman–Crippen MR) is 78.4 cm³/mol. The third-order valence-electron chi connectivity index (χ3n) is 2.99. The van der Waals surface area contributed by atoms with Crippen LogP contribution in [0.4, 0.5) is 0 Å². The van der Waals surface area contributed by atoms with Crippen molar-refractivity contribution in [1.29, 1.82) is 0 Å². The summed E-state index contributed by atoms with van der Waals surface area (Å²) in [4.78, 5) is 55.6. The Kier molecular flexibility index (Phi) is 5.93. The van der Waals surface area contributed by atoms with Gasteiger partial charge in [0.1, 0.15) is 6.54 Å². The molecule has 0 spiro atoms. The first kappa shape index (κ1) is 17.7. The van der Waals surface area contributed by atoms with E-state index in [1.165, 1.54) is 7.05 Å². The van der Waals surface area contributed by atoms with Crippen molar-refractivity contribution in [2.75, 3.05) is 13.6 Å². The maximum absolute atomic E-state index is 11.1. The zero-order valence-electron chi connectivity index (χ0n) is 11.3. The van der Waals surface area contributed by atoms with Crippen LogP contribution in [0, 0.1) is 0 Å². The Bertz CT molecular complexity index is 509. The van der Waals surface area contributed by atoms with E-state index in [4.69, 9.17) is 5.11 Å². The molecule has 0 radical (unpaired) electrons. The van der Waals surface area contributed by atoms with Crippen molar-refractivity contribution in [3.63, 3.8) is 0 Å². The summed E-state index contributed by atoms with van der Waals surface area (Å²) in [5.41, 5.74) is -0.626. The number of likely N-dealkylation sites (tertiary alicyclic amines) is 2. The molecule has 2 fully saturated rings. The van der Waals surface area contributed by atoms with Crippen molar-refractivity contribution in [3.05, 3.63) is 0 Å². The van der Waals surface area contributed by atoms with Gasteiger partial charge in [0.15, 0.2) is 0 Å². The molecule has 4 atom stereocenters. The lowest BCUT2D eigenvalue weighted by molar-refractivity contribution is -0.148. The molecule has 0 saturated carbocycles. The first-order chi connectivity index (χ1) is 9.65. The fourth-order valence-corrected chi connectivity index (χ4v) is 2.60. The van der Waals surface area contributed by atoms with Gasteiger partial charge in [-0.2, -0.15) is 0 Å². The smallest absolute Gasteiger partial charge is 0.323 e. The second-order valence-electron chi connectivity index (χ2n) is 4.62. The number of carboxylic acid groups (broad SMARTS) is 1. The minimum atomic E-state index is -1.17. The van der Waals surface area contributed by atoms with E-state index in [0.717, 1.165) is 9.80 Å². The quantitative estimate of drug-likeness (QED) is 0.496. The number of imide groups is 2. The second-order valence-corrected chi connectivity index (χ2v) is 6.23. The molecule has 116 valence electrons. The van der Waals surface area contributed by atoms with Crippen LogP contribution in [-0.2, 0) is 24.0 Å². The number of amides is 4. The van der Waals surface area contributed by atoms with Gasteiger partial charge < -0.3 is 5.11 Å². The van der Waals surface area contributed by atoms with Gasteiger partial charge in [-0.05, 0) is 0 Å². The standard InChI is InChI=1S/C6H8NO4P.C5H8NO2P/c8-4-1-3(12)6(11)7(4)2-5(9)10;1-6-4(7)2-3(9)5(6)8/h3H,1-2,12H2,(H,9,10);3H,2,9H2,1H3. The van der Waals surface area contributed by atoms with E-state index in [2.05, 4.69) is 18.5 Å². The van der Waals surface area contributed by atoms with Gasteiger partial charge >= 0.3 is 5.97 Å². The molecule has 4 unspecified atom stereocenters. The monoisotopic (exact) mass is 334 g/mol. The molecule has 4 amide bonds. The molecule has 2 saturated heterocycles. The van der Waals surface area contributed by atoms with Gasteiger partial charge in [-0.3, -0.25) is 33.8 Å². The van der Waals surface area contributed by atoms with Crippen LogP contribution in [0.1, 0.15) is 12.8 Å². The van der Waals surface area contributed by atoms with Gasteiger partial charge in [-0.1, -0.05) is 0 Å². The minimum Gasteiger partial charge on any atom is -0.480 e. The molecule has 21 heavy (non-hydrogen) atoms. The Morgan fingerprint density at radius 3 is 1.81 bits per heavy atom. The van der Waals surface area contributed by atoms with Crippen molar-refractivity contribution in [1.82, 2.24) is 9.80 Å². The fraction of sp³-hybridized carbons (Fsp3) is 0.545. The van der Waals surface area contributed by atoms with E-state index in [-0.39, 0.29) is 23.9 Å². The first-order valence-corrected chi connectivity index (χ1v) is 7.36. The van der Waals surface area contributed by atoms with Crippen LogP contribution in [0.3, 0.4) is 0 Å². The van der Waals surface area contributed by atoms with E-state index in [0.29, 0.717) is 6.42 Å². The lowest BCUT2D eigenvalue weighted by Crippen LogP contribution is -2.35. The van der Waals surface area contributed by atoms with Gasteiger partial charge in [0.2, 0.25) is 23.6 Å². The highest BCUT2D eigenvalue weighted by Crippen LogP contribution is 2.19. The van der Waals surface area contributed by atoms with Gasteiger partial charge in [0, 0.05) is 19.9 Å². The highest BCUT2D eigenvalue weighted by molar-refractivity contribution is 7.20. The predicted octanol–water partition coefficient (Wildman–Crippen LogP) is -1.31. The van der Waals surface area contributed by atoms with E-state index in [1.54, 1.807) is 0 Å². The number of aliphatic carboxylic acids is 1. The zero-order valence-corrected chi connectivity index (χ0v) is 13.6. The molecule has 8 nitrogen and oxygen atoms in total. The largest absolute Gasteiger partial charge is 0.480 e. The van der Waals surface area contributed by atoms with Crippen molar-refractivity contribution < 1.29 is 29.1 Å². The second kappa shape index (κ2) is 7.05. The number of carbonyl (C=O) groups excluding carboxylic acids is 4. The zero-order chi connectivity index (χ0) is 16.3. The molecular weight excluding hydrogens is 318 g/mol. The highest BCUT2D eigenvalue weighted by Gasteiger charge is 2.36. The van der Waals surface area contributed by atoms with Gasteiger partial charge in [-0.15, -0.1) is 18.5 Å². The lowest BCUT2D eigenvalue weighted by Gasteiger charge is -2.09. The summed E-state index contributed by atoms with van der Waals surface area (Å²) in [7, 11) is 6.07. The van der Waals surface area contributed by atoms with Crippen LogP contribution < -0.4 is 0 Å². The average Bonchev–Trinajstić information content (AvgIpc) is 2.75. The van der Waals surface area contributed by atoms with Crippen LogP contribution in [-0.4, -0.2) is 69.4 Å². The Morgan fingerprint density at radius 2 is 1.57 bits per heavy atom. The van der Waals surface area contributed by atoms with E-state index < -0.39 is 30.0 Å². The van der Waals surface area contributed by atoms with Crippen LogP contribution in [0.15, 0.2) is 0 Å². The summed E-state index contributed by atoms with van der Waals surface area (Å²) in [6, 6.07) is 0. The molecule has 2 heterocycles. The molecule has 2 aliphatic rings. The maximum Gasteiger partial charge on any atom is 0.323 e. The Hall–Kier alpha value is -1.39. The highest BCUT2D eigenvalue weighted by atomic mass is 31.0. The van der Waals surface area contributed by atoms with E-state index in [1.807, 2.05) is 0 Å². The van der Waals surface area contributed by atoms with Crippen molar-refractivity contribution in [2.45, 2.75) is 24.2 Å². The molecule has 1 N–H and O–H groups in total. The maximum atomic E-state index is 11.1. The molecule has 0 aromatic rings. The normalized spacial score (nSPS) is 25.3. The third kappa shape index (κ3) is 4.29. The number of rotatable bonds is 2. The number of carbonyl (C=O) groups is 5. The molecule has 0 aromatic carbocycles. The minimum absolute atomic E-state index is 0.0833. The van der Waals surface area contributed by atoms with Gasteiger partial charge in [-0.25, -0.2) is 0 Å². The van der Waals surface area contributed by atoms with Crippen LogP contribution in [0.2, 0.25) is 0 Å². The molecule has 10 heteroatoms. The molecule has 0 aromatic heterocycles. The summed E-state index contributed by atoms with van der Waals surface area (Å²) in [6.45, 7) is -0.525. The number of nitrogens with zero attached hydrogens (tertiary/aromatic N) is 2. The van der Waals surface area contributed by atoms with Crippen molar-refractivity contribution >= 4 is 48.1 Å². The van der Waals surface area contributed by atoms with Gasteiger partial charge in [0.05, 0.1) is 11.3 Å². The summed E-state index contributed by atoms with van der Waals surface area (Å²) >= 11 is 0. The summed E-state index contributed by atoms with van der Waals surface area (Å²) in [6.07, 6.45) is 0.441. The summed E-state index contributed by atoms with van der Waals surface area (Å²) in [5.74, 6) is -2.18. The Morgan fingerprint density at radius 1 is 1.10 bits per heavy atom. The van der Waals surface area contributed by atoms with E-state index >= 15 is 0 Å². The van der Waals surface area contributed by atoms with Crippen LogP contribution in [0.5, 0.6) is 0 Å². The van der Waals surface area contributed by atoms with E-state index in [9.17, 15) is 24.0 Å². The number of carboxylic acids is 1. The third-order valence-corrected chi connectivity index (χ3v) is 4.03. The van der Waals surface area contributed by atoms with Gasteiger partial charge in [0.25, 0.3) is 0 Å². The average molecular weight is 334 g/mol. The van der Waals surface area contributed by atoms with Crippen molar-refractivity contribution in [3.8, 4) is 0 Å². The Labute approximate surface area is 125 Å². The lowest BCUT2D eigenvalue weighted by atomic mass is 10.4. The Balaban J connectivity index is 0.000000219.